The highest BCUT2D eigenvalue weighted by atomic mass is 16.2. The summed E-state index contributed by atoms with van der Waals surface area (Å²) in [4.78, 5) is 26.1. The van der Waals surface area contributed by atoms with Gasteiger partial charge in [-0.2, -0.15) is 5.10 Å². The highest BCUT2D eigenvalue weighted by Gasteiger charge is 2.21. The fraction of sp³-hybridized carbons (Fsp3) is 0.250. The molecule has 0 unspecified atom stereocenters. The molecule has 1 saturated heterocycles. The van der Waals surface area contributed by atoms with Gasteiger partial charge in [0.1, 0.15) is 0 Å². The van der Waals surface area contributed by atoms with E-state index in [9.17, 15) is 4.79 Å². The smallest absolute Gasteiger partial charge is 0.255 e. The lowest BCUT2D eigenvalue weighted by Gasteiger charge is -2.32. The Kier molecular flexibility index (Phi) is 4.95. The van der Waals surface area contributed by atoms with E-state index >= 15 is 0 Å². The molecule has 0 atom stereocenters. The van der Waals surface area contributed by atoms with Crippen molar-refractivity contribution in [1.29, 1.82) is 0 Å². The number of rotatable bonds is 3. The minimum Gasteiger partial charge on any atom is -0.336 e. The van der Waals surface area contributed by atoms with Gasteiger partial charge in [0, 0.05) is 68.3 Å². The zero-order chi connectivity index (χ0) is 21.4. The molecule has 4 aromatic rings. The SMILES string of the molecule is CN1CCN(C(=O)c2cnc3cncc(-c4ccc(-c5cnn(C)c5)cc4)c3c2)CC1. The third-order valence-corrected chi connectivity index (χ3v) is 5.88. The second-order valence-corrected chi connectivity index (χ2v) is 8.05. The van der Waals surface area contributed by atoms with Crippen LogP contribution in [0.25, 0.3) is 33.2 Å². The van der Waals surface area contributed by atoms with Crippen LogP contribution in [0.1, 0.15) is 10.4 Å². The Labute approximate surface area is 181 Å². The molecule has 1 aliphatic heterocycles. The quantitative estimate of drug-likeness (QED) is 0.517. The molecule has 4 heterocycles. The monoisotopic (exact) mass is 412 g/mol. The molecule has 0 saturated carbocycles. The van der Waals surface area contributed by atoms with Crippen LogP contribution in [0.15, 0.2) is 61.3 Å². The van der Waals surface area contributed by atoms with Gasteiger partial charge < -0.3 is 9.80 Å². The first-order valence-corrected chi connectivity index (χ1v) is 10.4. The van der Waals surface area contributed by atoms with Crippen LogP contribution in [0.2, 0.25) is 0 Å². The largest absolute Gasteiger partial charge is 0.336 e. The number of hydrogen-bond acceptors (Lipinski definition) is 5. The number of likely N-dealkylation sites (N-methyl/N-ethyl adjacent to an activating group) is 1. The van der Waals surface area contributed by atoms with Crippen LogP contribution in [0.4, 0.5) is 0 Å². The average Bonchev–Trinajstić information content (AvgIpc) is 3.25. The topological polar surface area (TPSA) is 67.2 Å². The van der Waals surface area contributed by atoms with E-state index in [1.165, 1.54) is 0 Å². The average molecular weight is 412 g/mol. The lowest BCUT2D eigenvalue weighted by atomic mass is 9.99. The van der Waals surface area contributed by atoms with E-state index in [4.69, 9.17) is 0 Å². The number of hydrogen-bond donors (Lipinski definition) is 0. The molecule has 0 N–H and O–H groups in total. The van der Waals surface area contributed by atoms with E-state index in [0.717, 1.165) is 59.3 Å². The predicted molar refractivity (Wildman–Crippen MR) is 121 cm³/mol. The van der Waals surface area contributed by atoms with Gasteiger partial charge in [0.25, 0.3) is 5.91 Å². The second-order valence-electron chi connectivity index (χ2n) is 8.05. The van der Waals surface area contributed by atoms with E-state index in [2.05, 4.69) is 51.3 Å². The molecule has 156 valence electrons. The van der Waals surface area contributed by atoms with Crippen LogP contribution in [0, 0.1) is 0 Å². The summed E-state index contributed by atoms with van der Waals surface area (Å²) in [6.45, 7) is 3.27. The summed E-state index contributed by atoms with van der Waals surface area (Å²) in [7, 11) is 3.99. The van der Waals surface area contributed by atoms with Gasteiger partial charge in [0.2, 0.25) is 0 Å². The zero-order valence-corrected chi connectivity index (χ0v) is 17.7. The first-order chi connectivity index (χ1) is 15.1. The van der Waals surface area contributed by atoms with Crippen molar-refractivity contribution in [2.45, 2.75) is 0 Å². The van der Waals surface area contributed by atoms with E-state index in [1.807, 2.05) is 36.6 Å². The van der Waals surface area contributed by atoms with Crippen LogP contribution in [-0.4, -0.2) is 68.7 Å². The normalized spacial score (nSPS) is 14.8. The summed E-state index contributed by atoms with van der Waals surface area (Å²) in [5.74, 6) is 0.0391. The van der Waals surface area contributed by atoms with Crippen molar-refractivity contribution in [2.75, 3.05) is 33.2 Å². The highest BCUT2D eigenvalue weighted by molar-refractivity contribution is 6.01. The van der Waals surface area contributed by atoms with Gasteiger partial charge in [-0.1, -0.05) is 24.3 Å². The molecule has 7 heteroatoms. The van der Waals surface area contributed by atoms with Crippen molar-refractivity contribution in [3.8, 4) is 22.3 Å². The number of benzene rings is 1. The molecule has 0 bridgehead atoms. The van der Waals surface area contributed by atoms with Gasteiger partial charge in [-0.05, 0) is 24.2 Å². The molecule has 0 radical (unpaired) electrons. The summed E-state index contributed by atoms with van der Waals surface area (Å²) in [5, 5.41) is 5.18. The Bertz CT molecular complexity index is 1240. The van der Waals surface area contributed by atoms with Gasteiger partial charge in [-0.15, -0.1) is 0 Å². The van der Waals surface area contributed by atoms with E-state index < -0.39 is 0 Å². The van der Waals surface area contributed by atoms with Gasteiger partial charge >= 0.3 is 0 Å². The number of carbonyl (C=O) groups is 1. The van der Waals surface area contributed by atoms with Gasteiger partial charge in [-0.25, -0.2) is 0 Å². The third-order valence-electron chi connectivity index (χ3n) is 5.88. The summed E-state index contributed by atoms with van der Waals surface area (Å²) >= 11 is 0. The minimum absolute atomic E-state index is 0.0391. The van der Waals surface area contributed by atoms with Gasteiger partial charge in [0.15, 0.2) is 0 Å². The molecule has 7 nitrogen and oxygen atoms in total. The van der Waals surface area contributed by atoms with E-state index in [1.54, 1.807) is 17.1 Å². The Morgan fingerprint density at radius 2 is 1.61 bits per heavy atom. The lowest BCUT2D eigenvalue weighted by Crippen LogP contribution is -2.47. The maximum absolute atomic E-state index is 13.0. The van der Waals surface area contributed by atoms with Gasteiger partial charge in [0.05, 0.1) is 23.5 Å². The van der Waals surface area contributed by atoms with Crippen molar-refractivity contribution in [2.24, 2.45) is 7.05 Å². The van der Waals surface area contributed by atoms with Gasteiger partial charge in [-0.3, -0.25) is 19.4 Å². The summed E-state index contributed by atoms with van der Waals surface area (Å²) in [5.41, 5.74) is 5.59. The standard InChI is InChI=1S/C24H24N6O/c1-28-7-9-30(10-8-28)24(31)19-11-21-22(14-25-15-23(21)26-12-19)18-5-3-17(4-6-18)20-13-27-29(2)16-20/h3-6,11-16H,7-10H2,1-2H3. The number of nitrogens with zero attached hydrogens (tertiary/aromatic N) is 6. The number of aromatic nitrogens is 4. The van der Waals surface area contributed by atoms with Crippen LogP contribution in [0.5, 0.6) is 0 Å². The first kappa shape index (κ1) is 19.4. The fourth-order valence-corrected chi connectivity index (χ4v) is 4.00. The van der Waals surface area contributed by atoms with Crippen molar-refractivity contribution >= 4 is 16.8 Å². The number of carbonyl (C=O) groups excluding carboxylic acids is 1. The fourth-order valence-electron chi connectivity index (χ4n) is 4.00. The molecule has 1 aromatic carbocycles. The molecule has 1 aliphatic rings. The zero-order valence-electron chi connectivity index (χ0n) is 17.7. The summed E-state index contributed by atoms with van der Waals surface area (Å²) in [6.07, 6.45) is 9.10. The molecule has 0 spiro atoms. The lowest BCUT2D eigenvalue weighted by molar-refractivity contribution is 0.0664. The molecular formula is C24H24N6O. The van der Waals surface area contributed by atoms with E-state index in [0.29, 0.717) is 5.56 Å². The molecule has 1 amide bonds. The minimum atomic E-state index is 0.0391. The van der Waals surface area contributed by atoms with Crippen LogP contribution < -0.4 is 0 Å². The summed E-state index contributed by atoms with van der Waals surface area (Å²) < 4.78 is 1.79. The van der Waals surface area contributed by atoms with Crippen molar-refractivity contribution < 1.29 is 4.79 Å². The number of aryl methyl sites for hydroxylation is 1. The van der Waals surface area contributed by atoms with Crippen LogP contribution in [0.3, 0.4) is 0 Å². The molecule has 3 aromatic heterocycles. The molecular weight excluding hydrogens is 388 g/mol. The number of amides is 1. The van der Waals surface area contributed by atoms with Crippen molar-refractivity contribution in [3.05, 3.63) is 66.9 Å². The molecule has 5 rings (SSSR count). The van der Waals surface area contributed by atoms with Crippen molar-refractivity contribution in [1.82, 2.24) is 29.5 Å². The van der Waals surface area contributed by atoms with Crippen molar-refractivity contribution in [3.63, 3.8) is 0 Å². The Hall–Kier alpha value is -3.58. The van der Waals surface area contributed by atoms with Crippen LogP contribution in [-0.2, 0) is 7.05 Å². The molecule has 1 fully saturated rings. The number of fused-ring (bicyclic) bond motifs is 1. The number of pyridine rings is 2. The molecule has 0 aliphatic carbocycles. The van der Waals surface area contributed by atoms with E-state index in [-0.39, 0.29) is 5.91 Å². The Morgan fingerprint density at radius 1 is 0.871 bits per heavy atom. The summed E-state index contributed by atoms with van der Waals surface area (Å²) in [6, 6.07) is 10.3. The van der Waals surface area contributed by atoms with Crippen LogP contribution >= 0.6 is 0 Å². The highest BCUT2D eigenvalue weighted by Crippen LogP contribution is 2.30. The third kappa shape index (κ3) is 3.80. The maximum Gasteiger partial charge on any atom is 0.255 e. The number of piperazine rings is 1. The Balaban J connectivity index is 1.49. The maximum atomic E-state index is 13.0. The molecule has 31 heavy (non-hydrogen) atoms. The Morgan fingerprint density at radius 3 is 2.32 bits per heavy atom. The first-order valence-electron chi connectivity index (χ1n) is 10.4. The second kappa shape index (κ2) is 7.92. The predicted octanol–water partition coefficient (Wildman–Crippen LogP) is 3.08.